The highest BCUT2D eigenvalue weighted by atomic mass is 35.5. The Kier molecular flexibility index (Phi) is 10.0. The fraction of sp³-hybridized carbons (Fsp3) is 0.310. The van der Waals surface area contributed by atoms with Crippen LogP contribution in [0.1, 0.15) is 38.2 Å². The van der Waals surface area contributed by atoms with Crippen molar-refractivity contribution in [1.29, 1.82) is 0 Å². The van der Waals surface area contributed by atoms with Crippen LogP contribution in [0.3, 0.4) is 0 Å². The Morgan fingerprint density at radius 3 is 2.25 bits per heavy atom. The smallest absolute Gasteiger partial charge is 0.264 e. The number of rotatable bonds is 10. The zero-order valence-electron chi connectivity index (χ0n) is 21.9. The molecule has 3 aromatic rings. The van der Waals surface area contributed by atoms with Crippen molar-refractivity contribution < 1.29 is 18.0 Å². The van der Waals surface area contributed by atoms with Crippen molar-refractivity contribution in [2.75, 3.05) is 10.8 Å². The summed E-state index contributed by atoms with van der Waals surface area (Å²) in [5.74, 6) is -0.885. The van der Waals surface area contributed by atoms with Crippen molar-refractivity contribution in [3.63, 3.8) is 0 Å². The van der Waals surface area contributed by atoms with E-state index in [-0.39, 0.29) is 34.1 Å². The Morgan fingerprint density at radius 1 is 0.925 bits per heavy atom. The third-order valence-corrected chi connectivity index (χ3v) is 9.45. The van der Waals surface area contributed by atoms with Gasteiger partial charge in [-0.2, -0.15) is 0 Å². The van der Waals surface area contributed by atoms with Gasteiger partial charge < -0.3 is 10.2 Å². The average Bonchev–Trinajstić information content (AvgIpc) is 3.44. The van der Waals surface area contributed by atoms with Crippen LogP contribution in [0.5, 0.6) is 0 Å². The molecule has 2 amide bonds. The second-order valence-electron chi connectivity index (χ2n) is 9.74. The van der Waals surface area contributed by atoms with Gasteiger partial charge in [0.15, 0.2) is 0 Å². The number of carbonyl (C=O) groups excluding carboxylic acids is 2. The van der Waals surface area contributed by atoms with Crippen LogP contribution in [0.15, 0.2) is 77.7 Å². The van der Waals surface area contributed by atoms with Crippen LogP contribution in [0.2, 0.25) is 15.1 Å². The van der Waals surface area contributed by atoms with Gasteiger partial charge in [-0.1, -0.05) is 78.0 Å². The van der Waals surface area contributed by atoms with E-state index in [2.05, 4.69) is 5.32 Å². The SMILES string of the molecule is C[C@@H](C(=O)NC1CCCC1)N(Cc1cccc(Cl)c1)C(=O)CN(c1ccc(Cl)cc1Cl)S(=O)(=O)c1ccccc1. The molecule has 0 saturated heterocycles. The van der Waals surface area contributed by atoms with Crippen LogP contribution in [0.4, 0.5) is 5.69 Å². The molecule has 1 saturated carbocycles. The van der Waals surface area contributed by atoms with E-state index in [0.717, 1.165) is 30.0 Å². The van der Waals surface area contributed by atoms with Crippen LogP contribution in [0, 0.1) is 0 Å². The minimum absolute atomic E-state index is 0.0118. The van der Waals surface area contributed by atoms with Crippen LogP contribution >= 0.6 is 34.8 Å². The molecule has 0 radical (unpaired) electrons. The highest BCUT2D eigenvalue weighted by Crippen LogP contribution is 2.33. The van der Waals surface area contributed by atoms with E-state index in [1.807, 2.05) is 0 Å². The lowest BCUT2D eigenvalue weighted by molar-refractivity contribution is -0.139. The minimum Gasteiger partial charge on any atom is -0.352 e. The molecule has 1 aliphatic rings. The molecule has 1 aliphatic carbocycles. The predicted molar refractivity (Wildman–Crippen MR) is 159 cm³/mol. The summed E-state index contributed by atoms with van der Waals surface area (Å²) in [4.78, 5) is 28.6. The molecule has 0 spiro atoms. The van der Waals surface area contributed by atoms with E-state index in [4.69, 9.17) is 34.8 Å². The molecule has 0 unspecified atom stereocenters. The Balaban J connectivity index is 1.70. The van der Waals surface area contributed by atoms with Gasteiger partial charge in [0.1, 0.15) is 12.6 Å². The van der Waals surface area contributed by atoms with Crippen molar-refractivity contribution in [2.24, 2.45) is 0 Å². The molecule has 1 atom stereocenters. The first-order valence-electron chi connectivity index (χ1n) is 12.9. The van der Waals surface area contributed by atoms with Crippen molar-refractivity contribution in [1.82, 2.24) is 10.2 Å². The van der Waals surface area contributed by atoms with Gasteiger partial charge in [-0.15, -0.1) is 0 Å². The first kappa shape index (κ1) is 30.2. The maximum atomic E-state index is 14.0. The maximum Gasteiger partial charge on any atom is 0.264 e. The fourth-order valence-electron chi connectivity index (χ4n) is 4.72. The summed E-state index contributed by atoms with van der Waals surface area (Å²) in [5.41, 5.74) is 0.789. The lowest BCUT2D eigenvalue weighted by atomic mass is 10.1. The van der Waals surface area contributed by atoms with Crippen molar-refractivity contribution in [3.05, 3.63) is 93.4 Å². The van der Waals surface area contributed by atoms with E-state index >= 15 is 0 Å². The maximum absolute atomic E-state index is 14.0. The summed E-state index contributed by atoms with van der Waals surface area (Å²) in [6.07, 6.45) is 3.86. The second-order valence-corrected chi connectivity index (χ2v) is 12.9. The predicted octanol–water partition coefficient (Wildman–Crippen LogP) is 6.32. The van der Waals surface area contributed by atoms with Gasteiger partial charge in [0, 0.05) is 22.6 Å². The van der Waals surface area contributed by atoms with Gasteiger partial charge in [-0.3, -0.25) is 13.9 Å². The number of sulfonamides is 1. The Labute approximate surface area is 250 Å². The third kappa shape index (κ3) is 7.29. The van der Waals surface area contributed by atoms with Crippen molar-refractivity contribution >= 4 is 62.3 Å². The zero-order chi connectivity index (χ0) is 28.9. The molecule has 40 heavy (non-hydrogen) atoms. The molecule has 0 heterocycles. The summed E-state index contributed by atoms with van der Waals surface area (Å²) in [7, 11) is -4.23. The molecule has 3 aromatic carbocycles. The molecule has 0 aromatic heterocycles. The van der Waals surface area contributed by atoms with Gasteiger partial charge >= 0.3 is 0 Å². The van der Waals surface area contributed by atoms with Gasteiger partial charge in [-0.25, -0.2) is 8.42 Å². The van der Waals surface area contributed by atoms with E-state index in [0.29, 0.717) is 15.6 Å². The van der Waals surface area contributed by atoms with Crippen LogP contribution in [0.25, 0.3) is 0 Å². The van der Waals surface area contributed by atoms with E-state index in [1.54, 1.807) is 49.4 Å². The molecule has 4 rings (SSSR count). The number of hydrogen-bond donors (Lipinski definition) is 1. The number of anilines is 1. The topological polar surface area (TPSA) is 86.8 Å². The first-order chi connectivity index (χ1) is 19.1. The van der Waals surface area contributed by atoms with E-state index < -0.39 is 28.5 Å². The number of carbonyl (C=O) groups is 2. The molecule has 11 heteroatoms. The summed E-state index contributed by atoms with van der Waals surface area (Å²) < 4.78 is 28.6. The number of nitrogens with one attached hydrogen (secondary N) is 1. The fourth-order valence-corrected chi connectivity index (χ4v) is 6.95. The van der Waals surface area contributed by atoms with Crippen molar-refractivity contribution in [3.8, 4) is 0 Å². The van der Waals surface area contributed by atoms with Gasteiger partial charge in [0.25, 0.3) is 10.0 Å². The number of halogens is 3. The average molecular weight is 623 g/mol. The molecular formula is C29H30Cl3N3O4S. The molecule has 1 N–H and O–H groups in total. The summed E-state index contributed by atoms with van der Waals surface area (Å²) >= 11 is 18.7. The Bertz CT molecular complexity index is 1460. The molecule has 0 aliphatic heterocycles. The van der Waals surface area contributed by atoms with Crippen LogP contribution in [-0.2, 0) is 26.2 Å². The molecular weight excluding hydrogens is 593 g/mol. The minimum atomic E-state index is -4.23. The van der Waals surface area contributed by atoms with Crippen LogP contribution in [-0.4, -0.2) is 43.8 Å². The lowest BCUT2D eigenvalue weighted by Gasteiger charge is -2.32. The molecule has 1 fully saturated rings. The molecule has 0 bridgehead atoms. The van der Waals surface area contributed by atoms with Gasteiger partial charge in [0.2, 0.25) is 11.8 Å². The number of nitrogens with zero attached hydrogens (tertiary/aromatic N) is 2. The highest BCUT2D eigenvalue weighted by Gasteiger charge is 2.34. The van der Waals surface area contributed by atoms with Gasteiger partial charge in [0.05, 0.1) is 15.6 Å². The largest absolute Gasteiger partial charge is 0.352 e. The standard InChI is InChI=1S/C29H30Cl3N3O4S/c1-20(29(37)33-24-10-5-6-11-24)34(18-21-8-7-9-22(30)16-21)28(36)19-35(27-15-14-23(31)17-26(27)32)40(38,39)25-12-3-2-4-13-25/h2-4,7-9,12-17,20,24H,5-6,10-11,18-19H2,1H3,(H,33,37)/t20-/m0/s1. The first-order valence-corrected chi connectivity index (χ1v) is 15.5. The lowest BCUT2D eigenvalue weighted by Crippen LogP contribution is -2.52. The van der Waals surface area contributed by atoms with Gasteiger partial charge in [-0.05, 0) is 67.8 Å². The molecule has 212 valence electrons. The summed E-state index contributed by atoms with van der Waals surface area (Å²) in [5, 5.41) is 3.90. The Hall–Kier alpha value is -2.78. The summed E-state index contributed by atoms with van der Waals surface area (Å²) in [6.45, 7) is 1.09. The summed E-state index contributed by atoms with van der Waals surface area (Å²) in [6, 6.07) is 18.3. The van der Waals surface area contributed by atoms with E-state index in [1.165, 1.54) is 35.2 Å². The van der Waals surface area contributed by atoms with Crippen molar-refractivity contribution in [2.45, 2.75) is 56.1 Å². The number of benzene rings is 3. The number of amides is 2. The third-order valence-electron chi connectivity index (χ3n) is 6.90. The van der Waals surface area contributed by atoms with E-state index in [9.17, 15) is 18.0 Å². The quantitative estimate of drug-likeness (QED) is 0.287. The highest BCUT2D eigenvalue weighted by molar-refractivity contribution is 7.92. The Morgan fingerprint density at radius 2 is 1.60 bits per heavy atom. The number of hydrogen-bond acceptors (Lipinski definition) is 4. The zero-order valence-corrected chi connectivity index (χ0v) is 25.0. The normalized spacial score (nSPS) is 14.5. The second kappa shape index (κ2) is 13.3. The van der Waals surface area contributed by atoms with Crippen LogP contribution < -0.4 is 9.62 Å². The monoisotopic (exact) mass is 621 g/mol. The molecule has 7 nitrogen and oxygen atoms in total.